The molecule has 0 saturated heterocycles. The summed E-state index contributed by atoms with van der Waals surface area (Å²) in [6.45, 7) is 0. The summed E-state index contributed by atoms with van der Waals surface area (Å²) >= 11 is 0. The summed E-state index contributed by atoms with van der Waals surface area (Å²) in [5.74, 6) is 1.72. The van der Waals surface area contributed by atoms with Crippen LogP contribution in [0.1, 0.15) is 10.4 Å². The van der Waals surface area contributed by atoms with E-state index >= 15 is 0 Å². The van der Waals surface area contributed by atoms with Gasteiger partial charge in [0.1, 0.15) is 22.8 Å². The first-order valence-corrected chi connectivity index (χ1v) is 6.79. The maximum atomic E-state index is 12.4. The lowest BCUT2D eigenvalue weighted by molar-refractivity contribution is 0.0730. The van der Waals surface area contributed by atoms with Crippen molar-refractivity contribution in [2.24, 2.45) is 0 Å². The minimum absolute atomic E-state index is 0.237. The van der Waals surface area contributed by atoms with E-state index < -0.39 is 5.97 Å². The molecule has 0 unspecified atom stereocenters. The van der Waals surface area contributed by atoms with E-state index in [-0.39, 0.29) is 5.56 Å². The molecule has 0 fully saturated rings. The second kappa shape index (κ2) is 7.40. The van der Waals surface area contributed by atoms with Gasteiger partial charge in [0.25, 0.3) is 0 Å². The van der Waals surface area contributed by atoms with Crippen molar-refractivity contribution in [2.75, 3.05) is 28.4 Å². The van der Waals surface area contributed by atoms with Crippen LogP contribution in [0.4, 0.5) is 0 Å². The molecule has 0 atom stereocenters. The van der Waals surface area contributed by atoms with Crippen molar-refractivity contribution in [1.29, 1.82) is 0 Å². The fraction of sp³-hybridized carbons (Fsp3) is 0.235. The van der Waals surface area contributed by atoms with E-state index in [4.69, 9.17) is 23.7 Å². The van der Waals surface area contributed by atoms with Gasteiger partial charge in [-0.2, -0.15) is 0 Å². The zero-order chi connectivity index (χ0) is 16.8. The lowest BCUT2D eigenvalue weighted by Gasteiger charge is -2.13. The topological polar surface area (TPSA) is 63.2 Å². The number of methoxy groups -OCH3 is 4. The number of hydrogen-bond acceptors (Lipinski definition) is 6. The van der Waals surface area contributed by atoms with E-state index in [2.05, 4.69) is 0 Å². The summed E-state index contributed by atoms with van der Waals surface area (Å²) in [6.07, 6.45) is 0. The molecule has 0 N–H and O–H groups in total. The molecule has 6 nitrogen and oxygen atoms in total. The van der Waals surface area contributed by atoms with Gasteiger partial charge in [-0.05, 0) is 24.3 Å². The van der Waals surface area contributed by atoms with Crippen LogP contribution < -0.4 is 23.7 Å². The predicted octanol–water partition coefficient (Wildman–Crippen LogP) is 2.94. The Kier molecular flexibility index (Phi) is 5.30. The highest BCUT2D eigenvalue weighted by Gasteiger charge is 2.19. The van der Waals surface area contributed by atoms with Gasteiger partial charge in [0.15, 0.2) is 11.5 Å². The molecule has 0 aliphatic carbocycles. The third-order valence-electron chi connectivity index (χ3n) is 3.20. The van der Waals surface area contributed by atoms with Crippen LogP contribution in [0, 0.1) is 0 Å². The largest absolute Gasteiger partial charge is 0.497 e. The number of carbonyl (C=O) groups excluding carboxylic acids is 1. The molecule has 2 aromatic rings. The molecule has 122 valence electrons. The zero-order valence-corrected chi connectivity index (χ0v) is 13.4. The van der Waals surface area contributed by atoms with Crippen LogP contribution in [0.25, 0.3) is 0 Å². The van der Waals surface area contributed by atoms with Crippen LogP contribution >= 0.6 is 0 Å². The Labute approximate surface area is 134 Å². The summed E-state index contributed by atoms with van der Waals surface area (Å²) < 4.78 is 26.0. The summed E-state index contributed by atoms with van der Waals surface area (Å²) in [7, 11) is 6.02. The Balaban J connectivity index is 2.29. The second-order valence-corrected chi connectivity index (χ2v) is 4.47. The standard InChI is InChI=1S/C17H18O6/c1-19-11-5-7-12(8-6-11)23-17(18)13-9-15(21-3)16(22-4)10-14(13)20-2/h5-10H,1-4H3. The number of hydrogen-bond donors (Lipinski definition) is 0. The molecule has 0 radical (unpaired) electrons. The van der Waals surface area contributed by atoms with Gasteiger partial charge < -0.3 is 23.7 Å². The third kappa shape index (κ3) is 3.66. The van der Waals surface area contributed by atoms with Gasteiger partial charge in [-0.25, -0.2) is 4.79 Å². The second-order valence-electron chi connectivity index (χ2n) is 4.47. The first-order chi connectivity index (χ1) is 11.1. The molecule has 2 rings (SSSR count). The van der Waals surface area contributed by atoms with Crippen LogP contribution in [0.5, 0.6) is 28.7 Å². The van der Waals surface area contributed by atoms with Crippen LogP contribution in [0.2, 0.25) is 0 Å². The molecule has 0 aliphatic heterocycles. The highest BCUT2D eigenvalue weighted by Crippen LogP contribution is 2.35. The fourth-order valence-electron chi connectivity index (χ4n) is 1.99. The van der Waals surface area contributed by atoms with E-state index in [9.17, 15) is 4.79 Å². The van der Waals surface area contributed by atoms with E-state index in [1.807, 2.05) is 0 Å². The van der Waals surface area contributed by atoms with Crippen LogP contribution in [-0.2, 0) is 0 Å². The number of benzene rings is 2. The Morgan fingerprint density at radius 2 is 1.22 bits per heavy atom. The Bertz CT molecular complexity index is 678. The number of esters is 1. The summed E-state index contributed by atoms with van der Waals surface area (Å²) in [6, 6.07) is 9.78. The lowest BCUT2D eigenvalue weighted by Crippen LogP contribution is -2.11. The lowest BCUT2D eigenvalue weighted by atomic mass is 10.1. The molecule has 0 amide bonds. The van der Waals surface area contributed by atoms with E-state index in [0.29, 0.717) is 28.7 Å². The van der Waals surface area contributed by atoms with Gasteiger partial charge in [0.05, 0.1) is 28.4 Å². The molecule has 6 heteroatoms. The maximum Gasteiger partial charge on any atom is 0.347 e. The van der Waals surface area contributed by atoms with Crippen molar-refractivity contribution in [3.8, 4) is 28.7 Å². The minimum Gasteiger partial charge on any atom is -0.497 e. The van der Waals surface area contributed by atoms with Crippen LogP contribution in [0.3, 0.4) is 0 Å². The molecule has 0 bridgehead atoms. The molecule has 0 aliphatic rings. The number of rotatable bonds is 6. The molecule has 0 saturated carbocycles. The molecule has 2 aromatic carbocycles. The van der Waals surface area contributed by atoms with Gasteiger partial charge in [0.2, 0.25) is 0 Å². The van der Waals surface area contributed by atoms with Crippen molar-refractivity contribution >= 4 is 5.97 Å². The Morgan fingerprint density at radius 1 is 0.696 bits per heavy atom. The van der Waals surface area contributed by atoms with Crippen molar-refractivity contribution in [3.63, 3.8) is 0 Å². The number of carbonyl (C=O) groups is 1. The summed E-state index contributed by atoms with van der Waals surface area (Å²) in [4.78, 5) is 12.4. The molecule has 23 heavy (non-hydrogen) atoms. The SMILES string of the molecule is COc1ccc(OC(=O)c2cc(OC)c(OC)cc2OC)cc1. The molecule has 0 aromatic heterocycles. The van der Waals surface area contributed by atoms with Crippen molar-refractivity contribution in [3.05, 3.63) is 42.0 Å². The van der Waals surface area contributed by atoms with Crippen molar-refractivity contribution in [2.45, 2.75) is 0 Å². The van der Waals surface area contributed by atoms with Gasteiger partial charge in [-0.1, -0.05) is 0 Å². The summed E-state index contributed by atoms with van der Waals surface area (Å²) in [5, 5.41) is 0. The fourth-order valence-corrected chi connectivity index (χ4v) is 1.99. The highest BCUT2D eigenvalue weighted by atomic mass is 16.5. The average molecular weight is 318 g/mol. The Hall–Kier alpha value is -2.89. The predicted molar refractivity (Wildman–Crippen MR) is 84.1 cm³/mol. The normalized spacial score (nSPS) is 9.91. The first-order valence-electron chi connectivity index (χ1n) is 6.79. The van der Waals surface area contributed by atoms with Gasteiger partial charge in [0, 0.05) is 12.1 Å². The molecule has 0 spiro atoms. The van der Waals surface area contributed by atoms with E-state index in [1.165, 1.54) is 27.4 Å². The molecule has 0 heterocycles. The Morgan fingerprint density at radius 3 is 1.74 bits per heavy atom. The van der Waals surface area contributed by atoms with Crippen LogP contribution in [0.15, 0.2) is 36.4 Å². The molecular weight excluding hydrogens is 300 g/mol. The molecular formula is C17H18O6. The highest BCUT2D eigenvalue weighted by molar-refractivity contribution is 5.95. The van der Waals surface area contributed by atoms with Gasteiger partial charge in [-0.3, -0.25) is 0 Å². The smallest absolute Gasteiger partial charge is 0.347 e. The van der Waals surface area contributed by atoms with E-state index in [0.717, 1.165) is 0 Å². The third-order valence-corrected chi connectivity index (χ3v) is 3.20. The van der Waals surface area contributed by atoms with E-state index in [1.54, 1.807) is 37.4 Å². The number of ether oxygens (including phenoxy) is 5. The first kappa shape index (κ1) is 16.5. The van der Waals surface area contributed by atoms with Crippen molar-refractivity contribution < 1.29 is 28.5 Å². The zero-order valence-electron chi connectivity index (χ0n) is 13.4. The maximum absolute atomic E-state index is 12.4. The summed E-state index contributed by atoms with van der Waals surface area (Å²) in [5.41, 5.74) is 0.237. The van der Waals surface area contributed by atoms with Crippen molar-refractivity contribution in [1.82, 2.24) is 0 Å². The average Bonchev–Trinajstić information content (AvgIpc) is 2.60. The van der Waals surface area contributed by atoms with Crippen LogP contribution in [-0.4, -0.2) is 34.4 Å². The monoisotopic (exact) mass is 318 g/mol. The van der Waals surface area contributed by atoms with Gasteiger partial charge >= 0.3 is 5.97 Å². The quantitative estimate of drug-likeness (QED) is 0.603. The van der Waals surface area contributed by atoms with Gasteiger partial charge in [-0.15, -0.1) is 0 Å². The minimum atomic E-state index is -0.562.